The molecule has 2 rings (SSSR count). The highest BCUT2D eigenvalue weighted by molar-refractivity contribution is 7.98. The molecule has 0 heterocycles. The van der Waals surface area contributed by atoms with Crippen LogP contribution in [0, 0.1) is 13.8 Å². The van der Waals surface area contributed by atoms with E-state index in [9.17, 15) is 0 Å². The van der Waals surface area contributed by atoms with Crippen molar-refractivity contribution in [3.05, 3.63) is 64.7 Å². The molecule has 0 saturated heterocycles. The molecule has 1 atom stereocenters. The SMILES string of the molecule is CSc1ccccc1C(N)Cc1ccc(C)c(C)c1. The van der Waals surface area contributed by atoms with E-state index < -0.39 is 0 Å². The molecular weight excluding hydrogens is 250 g/mol. The Balaban J connectivity index is 2.20. The van der Waals surface area contributed by atoms with Crippen molar-refractivity contribution >= 4 is 11.8 Å². The van der Waals surface area contributed by atoms with Crippen LogP contribution in [-0.2, 0) is 6.42 Å². The van der Waals surface area contributed by atoms with Crippen molar-refractivity contribution in [3.63, 3.8) is 0 Å². The van der Waals surface area contributed by atoms with Gasteiger partial charge in [0.2, 0.25) is 0 Å². The number of nitrogens with two attached hydrogens (primary N) is 1. The zero-order valence-electron chi connectivity index (χ0n) is 11.8. The topological polar surface area (TPSA) is 26.0 Å². The molecule has 0 saturated carbocycles. The van der Waals surface area contributed by atoms with E-state index >= 15 is 0 Å². The zero-order chi connectivity index (χ0) is 13.8. The third-order valence-corrected chi connectivity index (χ3v) is 4.38. The highest BCUT2D eigenvalue weighted by Gasteiger charge is 2.11. The molecule has 0 bridgehead atoms. The summed E-state index contributed by atoms with van der Waals surface area (Å²) in [6.45, 7) is 4.29. The van der Waals surface area contributed by atoms with Gasteiger partial charge in [-0.15, -0.1) is 11.8 Å². The Hall–Kier alpha value is -1.25. The summed E-state index contributed by atoms with van der Waals surface area (Å²) in [5.41, 5.74) is 11.6. The molecule has 1 nitrogen and oxygen atoms in total. The summed E-state index contributed by atoms with van der Waals surface area (Å²) in [5.74, 6) is 0. The lowest BCUT2D eigenvalue weighted by Crippen LogP contribution is -2.14. The summed E-state index contributed by atoms with van der Waals surface area (Å²) in [6, 6.07) is 15.1. The van der Waals surface area contributed by atoms with Crippen LogP contribution in [-0.4, -0.2) is 6.26 Å². The minimum Gasteiger partial charge on any atom is -0.324 e. The van der Waals surface area contributed by atoms with E-state index in [0.717, 1.165) is 6.42 Å². The summed E-state index contributed by atoms with van der Waals surface area (Å²) in [4.78, 5) is 1.28. The lowest BCUT2D eigenvalue weighted by atomic mass is 9.97. The summed E-state index contributed by atoms with van der Waals surface area (Å²) in [5, 5.41) is 0. The molecule has 0 amide bonds. The van der Waals surface area contributed by atoms with Gasteiger partial charge in [-0.2, -0.15) is 0 Å². The van der Waals surface area contributed by atoms with Gasteiger partial charge in [0.15, 0.2) is 0 Å². The van der Waals surface area contributed by atoms with Crippen LogP contribution < -0.4 is 5.73 Å². The predicted octanol–water partition coefficient (Wildman–Crippen LogP) is 4.27. The van der Waals surface area contributed by atoms with Gasteiger partial charge in [-0.1, -0.05) is 36.4 Å². The predicted molar refractivity (Wildman–Crippen MR) is 84.8 cm³/mol. The molecule has 2 aromatic carbocycles. The molecule has 100 valence electrons. The van der Waals surface area contributed by atoms with E-state index in [1.165, 1.54) is 27.1 Å². The first-order valence-corrected chi connectivity index (χ1v) is 7.79. The zero-order valence-corrected chi connectivity index (χ0v) is 12.6. The minimum atomic E-state index is 0.0609. The Labute approximate surface area is 120 Å². The van der Waals surface area contributed by atoms with E-state index in [1.54, 1.807) is 11.8 Å². The molecular formula is C17H21NS. The molecule has 0 aliphatic rings. The maximum Gasteiger partial charge on any atom is 0.0346 e. The molecule has 0 fully saturated rings. The molecule has 1 unspecified atom stereocenters. The van der Waals surface area contributed by atoms with Crippen molar-refractivity contribution in [2.24, 2.45) is 5.73 Å². The Morgan fingerprint density at radius 1 is 1.05 bits per heavy atom. The average Bonchev–Trinajstić information content (AvgIpc) is 2.43. The van der Waals surface area contributed by atoms with Gasteiger partial charge >= 0.3 is 0 Å². The molecule has 2 aromatic rings. The quantitative estimate of drug-likeness (QED) is 0.840. The maximum atomic E-state index is 6.38. The van der Waals surface area contributed by atoms with Crippen LogP contribution in [0.25, 0.3) is 0 Å². The number of benzene rings is 2. The van der Waals surface area contributed by atoms with Crippen molar-refractivity contribution in [1.82, 2.24) is 0 Å². The molecule has 0 radical (unpaired) electrons. The van der Waals surface area contributed by atoms with Crippen LogP contribution in [0.5, 0.6) is 0 Å². The van der Waals surface area contributed by atoms with Gasteiger partial charge in [0.25, 0.3) is 0 Å². The normalized spacial score (nSPS) is 12.4. The highest BCUT2D eigenvalue weighted by atomic mass is 32.2. The Morgan fingerprint density at radius 2 is 1.79 bits per heavy atom. The van der Waals surface area contributed by atoms with Crippen LogP contribution in [0.15, 0.2) is 47.4 Å². The summed E-state index contributed by atoms with van der Waals surface area (Å²) < 4.78 is 0. The smallest absolute Gasteiger partial charge is 0.0346 e. The molecule has 0 aliphatic heterocycles. The van der Waals surface area contributed by atoms with Gasteiger partial charge < -0.3 is 5.73 Å². The van der Waals surface area contributed by atoms with Crippen molar-refractivity contribution in [1.29, 1.82) is 0 Å². The molecule has 19 heavy (non-hydrogen) atoms. The van der Waals surface area contributed by atoms with Gasteiger partial charge in [-0.3, -0.25) is 0 Å². The van der Waals surface area contributed by atoms with Gasteiger partial charge in [0, 0.05) is 10.9 Å². The third-order valence-electron chi connectivity index (χ3n) is 3.57. The van der Waals surface area contributed by atoms with Gasteiger partial charge in [-0.25, -0.2) is 0 Å². The Bertz CT molecular complexity index is 563. The molecule has 0 spiro atoms. The molecule has 0 aliphatic carbocycles. The van der Waals surface area contributed by atoms with Crippen LogP contribution in [0.1, 0.15) is 28.3 Å². The lowest BCUT2D eigenvalue weighted by Gasteiger charge is -2.16. The first-order chi connectivity index (χ1) is 9.11. The second kappa shape index (κ2) is 6.27. The van der Waals surface area contributed by atoms with Crippen molar-refractivity contribution in [2.45, 2.75) is 31.2 Å². The van der Waals surface area contributed by atoms with Crippen molar-refractivity contribution < 1.29 is 0 Å². The Kier molecular flexibility index (Phi) is 4.67. The van der Waals surface area contributed by atoms with E-state index in [1.807, 2.05) is 0 Å². The molecule has 2 N–H and O–H groups in total. The number of aryl methyl sites for hydroxylation is 2. The first kappa shape index (κ1) is 14.2. The Morgan fingerprint density at radius 3 is 2.47 bits per heavy atom. The fourth-order valence-corrected chi connectivity index (χ4v) is 2.94. The fraction of sp³-hybridized carbons (Fsp3) is 0.294. The molecule has 0 aromatic heterocycles. The molecule has 2 heteroatoms. The van der Waals surface area contributed by atoms with E-state index in [0.29, 0.717) is 0 Å². The number of rotatable bonds is 4. The van der Waals surface area contributed by atoms with Crippen molar-refractivity contribution in [3.8, 4) is 0 Å². The summed E-state index contributed by atoms with van der Waals surface area (Å²) in [7, 11) is 0. The van der Waals surface area contributed by atoms with Crippen LogP contribution in [0.4, 0.5) is 0 Å². The number of hydrogen-bond donors (Lipinski definition) is 1. The highest BCUT2D eigenvalue weighted by Crippen LogP contribution is 2.26. The monoisotopic (exact) mass is 271 g/mol. The second-order valence-corrected chi connectivity index (χ2v) is 5.82. The fourth-order valence-electron chi connectivity index (χ4n) is 2.27. The minimum absolute atomic E-state index is 0.0609. The van der Waals surface area contributed by atoms with E-state index in [-0.39, 0.29) is 6.04 Å². The van der Waals surface area contributed by atoms with Crippen molar-refractivity contribution in [2.75, 3.05) is 6.26 Å². The third kappa shape index (κ3) is 3.40. The lowest BCUT2D eigenvalue weighted by molar-refractivity contribution is 0.707. The van der Waals surface area contributed by atoms with Gasteiger partial charge in [0.05, 0.1) is 0 Å². The second-order valence-electron chi connectivity index (χ2n) is 4.97. The number of hydrogen-bond acceptors (Lipinski definition) is 2. The average molecular weight is 271 g/mol. The largest absolute Gasteiger partial charge is 0.324 e. The number of thioether (sulfide) groups is 1. The van der Waals surface area contributed by atoms with Crippen LogP contribution in [0.2, 0.25) is 0 Å². The van der Waals surface area contributed by atoms with E-state index in [2.05, 4.69) is 62.6 Å². The van der Waals surface area contributed by atoms with Gasteiger partial charge in [-0.05, 0) is 54.8 Å². The van der Waals surface area contributed by atoms with Gasteiger partial charge in [0.1, 0.15) is 0 Å². The van der Waals surface area contributed by atoms with E-state index in [4.69, 9.17) is 5.73 Å². The summed E-state index contributed by atoms with van der Waals surface area (Å²) >= 11 is 1.76. The van der Waals surface area contributed by atoms with Crippen LogP contribution in [0.3, 0.4) is 0 Å². The summed E-state index contributed by atoms with van der Waals surface area (Å²) in [6.07, 6.45) is 2.99. The standard InChI is InChI=1S/C17H21NS/c1-12-8-9-14(10-13(12)2)11-16(18)15-6-4-5-7-17(15)19-3/h4-10,16H,11,18H2,1-3H3. The maximum absolute atomic E-state index is 6.38. The first-order valence-electron chi connectivity index (χ1n) is 6.56. The van der Waals surface area contributed by atoms with Crippen LogP contribution >= 0.6 is 11.8 Å².